The minimum absolute atomic E-state index is 0.00330. The van der Waals surface area contributed by atoms with Crippen molar-refractivity contribution in [2.75, 3.05) is 38.3 Å². The van der Waals surface area contributed by atoms with E-state index in [2.05, 4.69) is 27.8 Å². The number of hydroxylamine groups is 2. The number of carbonyl (C=O) groups is 8. The van der Waals surface area contributed by atoms with Crippen molar-refractivity contribution in [1.82, 2.24) is 21.0 Å². The first-order valence-electron chi connectivity index (χ1n) is 15.8. The molecule has 7 amide bonds. The standard InChI is InChI=1S/C32H44N6O12/c1-20(2)29(37-25(40)12-15-47-17-18-48-16-13-28(43)50-38-26(41)10-11-27(38)42)31(45)36-24(5-4-14-34-32(33)46)30(44)35-23-8-6-22(7-9-23)19-49-21(3)39/h6-9,24,29H,1,4-5,10-19H2,2-3H3,(H,35,44)(H,36,45)(H,37,40)(H3,33,34,46)/t24-,29-/m0/s1. The maximum atomic E-state index is 13.2. The highest BCUT2D eigenvalue weighted by atomic mass is 16.7. The van der Waals surface area contributed by atoms with Crippen LogP contribution in [0.25, 0.3) is 0 Å². The number of esters is 1. The Morgan fingerprint density at radius 3 is 2.08 bits per heavy atom. The van der Waals surface area contributed by atoms with Crippen LogP contribution in [0.3, 0.4) is 0 Å². The van der Waals surface area contributed by atoms with Crippen LogP contribution in [-0.4, -0.2) is 97.6 Å². The van der Waals surface area contributed by atoms with Crippen molar-refractivity contribution in [3.8, 4) is 0 Å². The topological polar surface area (TPSA) is 251 Å². The zero-order valence-electron chi connectivity index (χ0n) is 28.1. The lowest BCUT2D eigenvalue weighted by atomic mass is 10.1. The van der Waals surface area contributed by atoms with E-state index in [4.69, 9.17) is 24.8 Å². The number of nitrogens with one attached hydrogen (secondary N) is 4. The van der Waals surface area contributed by atoms with Gasteiger partial charge in [0, 0.05) is 38.4 Å². The molecule has 0 bridgehead atoms. The Bertz CT molecular complexity index is 1380. The Kier molecular flexibility index (Phi) is 17.6. The summed E-state index contributed by atoms with van der Waals surface area (Å²) in [4.78, 5) is 101. The fourth-order valence-electron chi connectivity index (χ4n) is 4.23. The maximum absolute atomic E-state index is 13.2. The van der Waals surface area contributed by atoms with Gasteiger partial charge in [-0.3, -0.25) is 28.8 Å². The molecule has 1 aliphatic rings. The molecule has 2 atom stereocenters. The predicted molar refractivity (Wildman–Crippen MR) is 174 cm³/mol. The first-order chi connectivity index (χ1) is 23.8. The highest BCUT2D eigenvalue weighted by molar-refractivity contribution is 6.01. The molecule has 1 saturated heterocycles. The molecule has 1 heterocycles. The smallest absolute Gasteiger partial charge is 0.335 e. The molecule has 0 spiro atoms. The summed E-state index contributed by atoms with van der Waals surface area (Å²) in [6.07, 6.45) is 0.0973. The summed E-state index contributed by atoms with van der Waals surface area (Å²) in [5.41, 5.74) is 6.53. The monoisotopic (exact) mass is 704 g/mol. The Labute approximate surface area is 288 Å². The van der Waals surface area contributed by atoms with Gasteiger partial charge in [0.05, 0.1) is 32.8 Å². The van der Waals surface area contributed by atoms with E-state index in [1.54, 1.807) is 24.3 Å². The van der Waals surface area contributed by atoms with Crippen molar-refractivity contribution >= 4 is 53.2 Å². The summed E-state index contributed by atoms with van der Waals surface area (Å²) in [7, 11) is 0. The van der Waals surface area contributed by atoms with Crippen LogP contribution in [0, 0.1) is 0 Å². The zero-order chi connectivity index (χ0) is 37.1. The molecule has 0 radical (unpaired) electrons. The lowest BCUT2D eigenvalue weighted by Gasteiger charge is -2.23. The molecule has 0 aliphatic carbocycles. The number of urea groups is 1. The van der Waals surface area contributed by atoms with Gasteiger partial charge in [-0.05, 0) is 43.0 Å². The second-order valence-electron chi connectivity index (χ2n) is 11.1. The summed E-state index contributed by atoms with van der Waals surface area (Å²) in [6.45, 7) is 6.95. The van der Waals surface area contributed by atoms with Gasteiger partial charge in [0.15, 0.2) is 0 Å². The molecule has 0 unspecified atom stereocenters. The second kappa shape index (κ2) is 21.6. The van der Waals surface area contributed by atoms with Gasteiger partial charge < -0.3 is 46.0 Å². The van der Waals surface area contributed by atoms with E-state index < -0.39 is 59.6 Å². The van der Waals surface area contributed by atoms with Crippen LogP contribution in [0.4, 0.5) is 10.5 Å². The number of anilines is 1. The molecule has 1 aromatic rings. The largest absolute Gasteiger partial charge is 0.461 e. The van der Waals surface area contributed by atoms with E-state index in [1.807, 2.05) is 0 Å². The molecule has 0 saturated carbocycles. The van der Waals surface area contributed by atoms with Gasteiger partial charge in [0.2, 0.25) is 17.7 Å². The number of hydrogen-bond donors (Lipinski definition) is 5. The SMILES string of the molecule is C=C(C)[C@H](NC(=O)CCOCCOCCC(=O)ON1C(=O)CCC1=O)C(=O)N[C@@H](CCCNC(N)=O)C(=O)Nc1ccc(COC(C)=O)cc1. The van der Waals surface area contributed by atoms with Crippen LogP contribution < -0.4 is 27.0 Å². The van der Waals surface area contributed by atoms with Crippen molar-refractivity contribution in [3.63, 3.8) is 0 Å². The number of rotatable bonds is 22. The van der Waals surface area contributed by atoms with E-state index in [0.717, 1.165) is 0 Å². The quantitative estimate of drug-likeness (QED) is 0.0467. The number of nitrogens with two attached hydrogens (primary N) is 1. The van der Waals surface area contributed by atoms with Gasteiger partial charge in [0.25, 0.3) is 11.8 Å². The maximum Gasteiger partial charge on any atom is 0.335 e. The zero-order valence-corrected chi connectivity index (χ0v) is 28.1. The van der Waals surface area contributed by atoms with Gasteiger partial charge in [0.1, 0.15) is 18.7 Å². The van der Waals surface area contributed by atoms with Gasteiger partial charge in [-0.1, -0.05) is 18.7 Å². The van der Waals surface area contributed by atoms with E-state index in [9.17, 15) is 38.4 Å². The summed E-state index contributed by atoms with van der Waals surface area (Å²) in [5.74, 6) is -4.14. The molecular formula is C32H44N6O12. The lowest BCUT2D eigenvalue weighted by Crippen LogP contribution is -2.53. The van der Waals surface area contributed by atoms with Crippen molar-refractivity contribution in [2.24, 2.45) is 5.73 Å². The van der Waals surface area contributed by atoms with Crippen molar-refractivity contribution in [2.45, 2.75) is 71.1 Å². The number of imide groups is 1. The van der Waals surface area contributed by atoms with Gasteiger partial charge in [-0.2, -0.15) is 0 Å². The number of benzene rings is 1. The molecule has 1 aromatic carbocycles. The fourth-order valence-corrected chi connectivity index (χ4v) is 4.23. The van der Waals surface area contributed by atoms with E-state index in [1.165, 1.54) is 13.8 Å². The Morgan fingerprint density at radius 2 is 1.50 bits per heavy atom. The highest BCUT2D eigenvalue weighted by Crippen LogP contribution is 2.14. The first-order valence-corrected chi connectivity index (χ1v) is 15.8. The number of carbonyl (C=O) groups excluding carboxylic acids is 8. The molecule has 1 fully saturated rings. The molecule has 2 rings (SSSR count). The fraction of sp³-hybridized carbons (Fsp3) is 0.500. The molecule has 18 heteroatoms. The predicted octanol–water partition coefficient (Wildman–Crippen LogP) is 0.103. The third-order valence-corrected chi connectivity index (χ3v) is 6.82. The Morgan fingerprint density at radius 1 is 0.880 bits per heavy atom. The molecule has 6 N–H and O–H groups in total. The number of amides is 7. The number of primary amides is 1. The van der Waals surface area contributed by atoms with E-state index in [-0.39, 0.29) is 71.7 Å². The lowest BCUT2D eigenvalue weighted by molar-refractivity contribution is -0.198. The summed E-state index contributed by atoms with van der Waals surface area (Å²) >= 11 is 0. The summed E-state index contributed by atoms with van der Waals surface area (Å²) in [6, 6.07) is 3.57. The van der Waals surface area contributed by atoms with Crippen LogP contribution in [0.15, 0.2) is 36.4 Å². The molecule has 18 nitrogen and oxygen atoms in total. The highest BCUT2D eigenvalue weighted by Gasteiger charge is 2.32. The minimum atomic E-state index is -1.17. The molecule has 274 valence electrons. The average molecular weight is 705 g/mol. The Balaban J connectivity index is 1.80. The average Bonchev–Trinajstić information content (AvgIpc) is 3.37. The van der Waals surface area contributed by atoms with Crippen LogP contribution in [0.1, 0.15) is 57.9 Å². The third kappa shape index (κ3) is 15.7. The first kappa shape index (κ1) is 40.8. The number of hydrogen-bond acceptors (Lipinski definition) is 12. The number of nitrogens with zero attached hydrogens (tertiary/aromatic N) is 1. The van der Waals surface area contributed by atoms with Crippen molar-refractivity contribution in [3.05, 3.63) is 42.0 Å². The third-order valence-electron chi connectivity index (χ3n) is 6.82. The van der Waals surface area contributed by atoms with Gasteiger partial charge in [-0.15, -0.1) is 5.06 Å². The molecule has 1 aliphatic heterocycles. The van der Waals surface area contributed by atoms with Crippen LogP contribution >= 0.6 is 0 Å². The van der Waals surface area contributed by atoms with Crippen molar-refractivity contribution in [1.29, 1.82) is 0 Å². The molecule has 0 aromatic heterocycles. The minimum Gasteiger partial charge on any atom is -0.461 e. The Hall–Kier alpha value is -5.36. The van der Waals surface area contributed by atoms with Gasteiger partial charge >= 0.3 is 18.0 Å². The van der Waals surface area contributed by atoms with E-state index in [0.29, 0.717) is 28.3 Å². The summed E-state index contributed by atoms with van der Waals surface area (Å²) < 4.78 is 15.6. The number of ether oxygens (including phenoxy) is 3. The van der Waals surface area contributed by atoms with Crippen molar-refractivity contribution < 1.29 is 57.4 Å². The molecule has 50 heavy (non-hydrogen) atoms. The summed E-state index contributed by atoms with van der Waals surface area (Å²) in [5, 5.41) is 10.8. The van der Waals surface area contributed by atoms with Gasteiger partial charge in [-0.25, -0.2) is 9.59 Å². The normalized spacial score (nSPS) is 13.5. The van der Waals surface area contributed by atoms with Crippen LogP contribution in [-0.2, 0) is 59.2 Å². The van der Waals surface area contributed by atoms with Crippen LogP contribution in [0.2, 0.25) is 0 Å². The molecular weight excluding hydrogens is 660 g/mol. The van der Waals surface area contributed by atoms with Crippen LogP contribution in [0.5, 0.6) is 0 Å². The second-order valence-corrected chi connectivity index (χ2v) is 11.1. The van der Waals surface area contributed by atoms with E-state index >= 15 is 0 Å².